The summed E-state index contributed by atoms with van der Waals surface area (Å²) in [6, 6.07) is 21.5. The van der Waals surface area contributed by atoms with Crippen LogP contribution in [0.3, 0.4) is 0 Å². The number of benzene rings is 3. The minimum absolute atomic E-state index is 0.414. The zero-order valence-corrected chi connectivity index (χ0v) is 23.3. The van der Waals surface area contributed by atoms with Crippen molar-refractivity contribution in [3.8, 4) is 5.75 Å². The molecular weight excluding hydrogens is 637 g/mol. The Labute approximate surface area is 230 Å². The molecule has 4 aromatic rings. The first-order valence-electron chi connectivity index (χ1n) is 11.4. The predicted octanol–water partition coefficient (Wildman–Crippen LogP) is 6.70. The average molecular weight is 660 g/mol. The molecule has 2 heterocycles. The highest BCUT2D eigenvalue weighted by Gasteiger charge is 2.48. The number of nitrogens with one attached hydrogen (secondary N) is 1. The van der Waals surface area contributed by atoms with Gasteiger partial charge in [-0.2, -0.15) is 0 Å². The van der Waals surface area contributed by atoms with Crippen molar-refractivity contribution >= 4 is 61.4 Å². The van der Waals surface area contributed by atoms with Crippen LogP contribution >= 0.6 is 38.5 Å². The molecule has 0 aliphatic carbocycles. The molecule has 8 heteroatoms. The van der Waals surface area contributed by atoms with Crippen molar-refractivity contribution in [1.82, 2.24) is 4.98 Å². The minimum atomic E-state index is -1.30. The van der Waals surface area contributed by atoms with E-state index in [2.05, 4.69) is 43.5 Å². The van der Waals surface area contributed by atoms with Gasteiger partial charge in [-0.05, 0) is 85.5 Å². The highest BCUT2D eigenvalue weighted by molar-refractivity contribution is 14.1. The van der Waals surface area contributed by atoms with Crippen molar-refractivity contribution in [3.05, 3.63) is 97.7 Å². The van der Waals surface area contributed by atoms with Gasteiger partial charge in [-0.15, -0.1) is 0 Å². The van der Waals surface area contributed by atoms with Crippen LogP contribution in [0.25, 0.3) is 10.9 Å². The molecule has 1 saturated heterocycles. The Morgan fingerprint density at radius 2 is 1.72 bits per heavy atom. The van der Waals surface area contributed by atoms with Crippen LogP contribution in [0.2, 0.25) is 0 Å². The van der Waals surface area contributed by atoms with Gasteiger partial charge in [-0.3, -0.25) is 9.59 Å². The third-order valence-corrected chi connectivity index (χ3v) is 7.45. The van der Waals surface area contributed by atoms with Crippen molar-refractivity contribution in [2.45, 2.75) is 32.2 Å². The highest BCUT2D eigenvalue weighted by atomic mass is 127. The molecule has 184 valence electrons. The van der Waals surface area contributed by atoms with Gasteiger partial charge in [0.05, 0.1) is 4.47 Å². The van der Waals surface area contributed by atoms with Crippen molar-refractivity contribution in [1.29, 1.82) is 0 Å². The molecule has 0 unspecified atom stereocenters. The maximum absolute atomic E-state index is 13.1. The Balaban J connectivity index is 1.52. The lowest BCUT2D eigenvalue weighted by Gasteiger charge is -2.36. The quantitative estimate of drug-likeness (QED) is 0.142. The molecule has 1 N–H and O–H groups in total. The molecule has 1 aromatic heterocycles. The second-order valence-corrected chi connectivity index (χ2v) is 11.2. The number of aromatic amines is 1. The Bertz CT molecular complexity index is 1430. The van der Waals surface area contributed by atoms with Crippen LogP contribution in [0.15, 0.2) is 77.4 Å². The van der Waals surface area contributed by atoms with Crippen LogP contribution in [0.4, 0.5) is 0 Å². The van der Waals surface area contributed by atoms with E-state index >= 15 is 0 Å². The largest absolute Gasteiger partial charge is 0.488 e. The number of hydrogen-bond acceptors (Lipinski definition) is 5. The summed E-state index contributed by atoms with van der Waals surface area (Å²) >= 11 is 5.89. The Kier molecular flexibility index (Phi) is 6.82. The first-order valence-corrected chi connectivity index (χ1v) is 13.3. The number of hydrogen-bond donors (Lipinski definition) is 1. The molecule has 0 saturated carbocycles. The van der Waals surface area contributed by atoms with E-state index in [0.717, 1.165) is 31.2 Å². The number of esters is 2. The second-order valence-electron chi connectivity index (χ2n) is 9.09. The van der Waals surface area contributed by atoms with E-state index in [0.29, 0.717) is 16.8 Å². The zero-order chi connectivity index (χ0) is 25.4. The second kappa shape index (κ2) is 9.89. The monoisotopic (exact) mass is 659 g/mol. The fourth-order valence-electron chi connectivity index (χ4n) is 4.47. The van der Waals surface area contributed by atoms with Gasteiger partial charge in [0.2, 0.25) is 0 Å². The van der Waals surface area contributed by atoms with Crippen molar-refractivity contribution in [2.24, 2.45) is 5.92 Å². The minimum Gasteiger partial charge on any atom is -0.488 e. The highest BCUT2D eigenvalue weighted by Crippen LogP contribution is 2.42. The molecule has 36 heavy (non-hydrogen) atoms. The summed E-state index contributed by atoms with van der Waals surface area (Å²) in [5, 5.41) is 0.920. The average Bonchev–Trinajstić information content (AvgIpc) is 3.25. The van der Waals surface area contributed by atoms with Crippen molar-refractivity contribution < 1.29 is 23.8 Å². The van der Waals surface area contributed by atoms with E-state index < -0.39 is 29.6 Å². The van der Waals surface area contributed by atoms with Gasteiger partial charge in [0, 0.05) is 40.4 Å². The Morgan fingerprint density at radius 1 is 1.03 bits per heavy atom. The smallest absolute Gasteiger partial charge is 0.324 e. The molecule has 0 radical (unpaired) electrons. The summed E-state index contributed by atoms with van der Waals surface area (Å²) in [7, 11) is 0. The summed E-state index contributed by atoms with van der Waals surface area (Å²) in [5.41, 5.74) is 3.53. The van der Waals surface area contributed by atoms with Gasteiger partial charge in [-0.1, -0.05) is 36.4 Å². The number of carbonyl (C=O) groups is 2. The summed E-state index contributed by atoms with van der Waals surface area (Å²) < 4.78 is 18.9. The zero-order valence-electron chi connectivity index (χ0n) is 19.6. The molecule has 1 aliphatic rings. The molecule has 1 aliphatic heterocycles. The molecule has 5 rings (SSSR count). The van der Waals surface area contributed by atoms with Crippen LogP contribution in [0, 0.1) is 9.49 Å². The van der Waals surface area contributed by atoms with Crippen LogP contribution in [0.1, 0.15) is 36.5 Å². The summed E-state index contributed by atoms with van der Waals surface area (Å²) in [5.74, 6) is -3.64. The first kappa shape index (κ1) is 24.8. The number of rotatable bonds is 6. The van der Waals surface area contributed by atoms with Crippen molar-refractivity contribution in [2.75, 3.05) is 0 Å². The van der Waals surface area contributed by atoms with E-state index in [1.807, 2.05) is 72.9 Å². The molecule has 1 fully saturated rings. The van der Waals surface area contributed by atoms with E-state index in [1.54, 1.807) is 13.8 Å². The maximum atomic E-state index is 13.1. The van der Waals surface area contributed by atoms with Gasteiger partial charge < -0.3 is 19.2 Å². The number of H-pyrrole nitrogens is 1. The number of aromatic nitrogens is 1. The fourth-order valence-corrected chi connectivity index (χ4v) is 5.34. The topological polar surface area (TPSA) is 77.6 Å². The van der Waals surface area contributed by atoms with Gasteiger partial charge in [-0.25, -0.2) is 0 Å². The normalized spacial score (nSPS) is 16.4. The fraction of sp³-hybridized carbons (Fsp3) is 0.214. The Morgan fingerprint density at radius 3 is 2.42 bits per heavy atom. The lowest BCUT2D eigenvalue weighted by Crippen LogP contribution is -2.48. The standard InChI is InChI=1S/C28H23BrINO5/c1-28(2)35-26(32)25(27(33)36-28)24(20-14-31-22-6-4-3-5-19(20)22)17-9-12-23(21(29)13-17)34-15-16-7-10-18(30)11-8-16/h3-14,24-25,31H,15H2,1-2H3/t24-/m0/s1. The number of carbonyl (C=O) groups excluding carboxylic acids is 2. The molecule has 3 aromatic carbocycles. The number of fused-ring (bicyclic) bond motifs is 1. The molecule has 6 nitrogen and oxygen atoms in total. The van der Waals surface area contributed by atoms with Crippen LogP contribution < -0.4 is 4.74 Å². The number of ether oxygens (including phenoxy) is 3. The first-order chi connectivity index (χ1) is 17.2. The van der Waals surface area contributed by atoms with E-state index in [1.165, 1.54) is 0 Å². The SMILES string of the molecule is CC1(C)OC(=O)C([C@@H](c2ccc(OCc3ccc(I)cc3)c(Br)c2)c2c[nH]c3ccccc23)C(=O)O1. The molecule has 0 amide bonds. The third-order valence-electron chi connectivity index (χ3n) is 6.11. The van der Waals surface area contributed by atoms with E-state index in [9.17, 15) is 9.59 Å². The van der Waals surface area contributed by atoms with Crippen molar-refractivity contribution in [3.63, 3.8) is 0 Å². The molecule has 1 atom stereocenters. The predicted molar refractivity (Wildman–Crippen MR) is 148 cm³/mol. The molecular formula is C28H23BrINO5. The van der Waals surface area contributed by atoms with Gasteiger partial charge in [0.25, 0.3) is 5.79 Å². The van der Waals surface area contributed by atoms with E-state index in [-0.39, 0.29) is 0 Å². The van der Waals surface area contributed by atoms with Crippen LogP contribution in [0.5, 0.6) is 5.75 Å². The molecule has 0 spiro atoms. The third kappa shape index (κ3) is 5.01. The van der Waals surface area contributed by atoms with Gasteiger partial charge in [0.1, 0.15) is 12.4 Å². The van der Waals surface area contributed by atoms with Crippen LogP contribution in [-0.4, -0.2) is 22.7 Å². The lowest BCUT2D eigenvalue weighted by atomic mass is 9.80. The van der Waals surface area contributed by atoms with E-state index in [4.69, 9.17) is 14.2 Å². The number of para-hydroxylation sites is 1. The summed E-state index contributed by atoms with van der Waals surface area (Å²) in [4.78, 5) is 29.5. The summed E-state index contributed by atoms with van der Waals surface area (Å²) in [6.07, 6.45) is 1.84. The number of cyclic esters (lactones) is 2. The Hall–Kier alpha value is -2.85. The van der Waals surface area contributed by atoms with Gasteiger partial charge in [0.15, 0.2) is 5.92 Å². The maximum Gasteiger partial charge on any atom is 0.324 e. The molecule has 0 bridgehead atoms. The van der Waals surface area contributed by atoms with Gasteiger partial charge >= 0.3 is 11.9 Å². The summed E-state index contributed by atoms with van der Waals surface area (Å²) in [6.45, 7) is 3.52. The number of halogens is 2. The lowest BCUT2D eigenvalue weighted by molar-refractivity contribution is -0.240. The van der Waals surface area contributed by atoms with Crippen LogP contribution in [-0.2, 0) is 25.7 Å².